The number of ether oxygens (including phenoxy) is 4. The van der Waals surface area contributed by atoms with E-state index in [4.69, 9.17) is 18.9 Å². The number of rotatable bonds is 28. The highest BCUT2D eigenvalue weighted by atomic mass is 16.6. The normalized spacial score (nSPS) is 14.2. The Balaban J connectivity index is 5.43. The van der Waals surface area contributed by atoms with Gasteiger partial charge in [-0.25, -0.2) is 14.5 Å². The molecule has 6 N–H and O–H groups in total. The molecular formula is C31H58N2O12. The largest absolute Gasteiger partial charge is 0.502 e. The van der Waals surface area contributed by atoms with Crippen molar-refractivity contribution < 1.29 is 59.2 Å². The maximum absolute atomic E-state index is 11.7. The molecule has 0 amide bonds. The molecule has 0 aliphatic rings. The Bertz CT molecular complexity index is 852. The highest BCUT2D eigenvalue weighted by Crippen LogP contribution is 2.17. The summed E-state index contributed by atoms with van der Waals surface area (Å²) in [5, 5.41) is 62.4. The molecule has 0 spiro atoms. The summed E-state index contributed by atoms with van der Waals surface area (Å²) in [7, 11) is 0. The molecule has 0 heterocycles. The van der Waals surface area contributed by atoms with Crippen molar-refractivity contribution in [1.82, 2.24) is 9.80 Å². The fourth-order valence-electron chi connectivity index (χ4n) is 4.02. The Kier molecular flexibility index (Phi) is 24.5. The quantitative estimate of drug-likeness (QED) is 0.0235. The molecule has 0 rings (SSSR count). The fourth-order valence-corrected chi connectivity index (χ4v) is 4.02. The lowest BCUT2D eigenvalue weighted by Crippen LogP contribution is -2.54. The average molecular weight is 651 g/mol. The number of hydrogen-bond acceptors (Lipinski definition) is 14. The zero-order chi connectivity index (χ0) is 34.1. The lowest BCUT2D eigenvalue weighted by molar-refractivity contribution is -0.275. The molecule has 264 valence electrons. The Labute approximate surface area is 267 Å². The Morgan fingerprint density at radius 1 is 0.711 bits per heavy atom. The molecule has 45 heavy (non-hydrogen) atoms. The van der Waals surface area contributed by atoms with Crippen LogP contribution in [0.1, 0.15) is 72.6 Å². The van der Waals surface area contributed by atoms with Crippen LogP contribution >= 0.6 is 0 Å². The number of aliphatic hydroxyl groups excluding tert-OH is 4. The van der Waals surface area contributed by atoms with Gasteiger partial charge in [0.1, 0.15) is 0 Å². The summed E-state index contributed by atoms with van der Waals surface area (Å²) in [5.41, 5.74) is 0. The van der Waals surface area contributed by atoms with Gasteiger partial charge in [-0.1, -0.05) is 26.7 Å². The van der Waals surface area contributed by atoms with Crippen LogP contribution in [0.15, 0.2) is 23.7 Å². The van der Waals surface area contributed by atoms with Crippen molar-refractivity contribution in [3.8, 4) is 0 Å². The van der Waals surface area contributed by atoms with Crippen LogP contribution in [0.5, 0.6) is 0 Å². The predicted octanol–water partition coefficient (Wildman–Crippen LogP) is 1.76. The third-order valence-corrected chi connectivity index (χ3v) is 6.70. The van der Waals surface area contributed by atoms with Crippen molar-refractivity contribution in [2.24, 2.45) is 0 Å². The molecule has 0 saturated carbocycles. The van der Waals surface area contributed by atoms with Gasteiger partial charge in [-0.15, -0.1) is 0 Å². The van der Waals surface area contributed by atoms with Crippen LogP contribution in [0.3, 0.4) is 0 Å². The van der Waals surface area contributed by atoms with Crippen molar-refractivity contribution in [1.29, 1.82) is 0 Å². The minimum absolute atomic E-state index is 0.00242. The van der Waals surface area contributed by atoms with Gasteiger partial charge in [-0.2, -0.15) is 0 Å². The minimum atomic E-state index is -2.40. The molecule has 0 fully saturated rings. The summed E-state index contributed by atoms with van der Waals surface area (Å²) in [4.78, 5) is 26.5. The number of esters is 2. The van der Waals surface area contributed by atoms with Crippen molar-refractivity contribution in [3.05, 3.63) is 23.7 Å². The molecule has 0 aromatic heterocycles. The second-order valence-corrected chi connectivity index (χ2v) is 10.8. The summed E-state index contributed by atoms with van der Waals surface area (Å²) in [6, 6.07) is 0. The molecule has 0 radical (unpaired) electrons. The summed E-state index contributed by atoms with van der Waals surface area (Å²) in [5.74, 6) is -5.17. The van der Waals surface area contributed by atoms with E-state index in [2.05, 4.69) is 0 Å². The third kappa shape index (κ3) is 21.2. The van der Waals surface area contributed by atoms with E-state index in [1.807, 2.05) is 13.8 Å². The highest BCUT2D eigenvalue weighted by molar-refractivity contribution is 5.85. The van der Waals surface area contributed by atoms with Crippen molar-refractivity contribution >= 4 is 11.9 Å². The van der Waals surface area contributed by atoms with Gasteiger partial charge in [0, 0.05) is 52.4 Å². The molecule has 0 aromatic carbocycles. The van der Waals surface area contributed by atoms with Crippen LogP contribution in [0.25, 0.3) is 0 Å². The van der Waals surface area contributed by atoms with Crippen LogP contribution in [0.4, 0.5) is 0 Å². The number of hydrogen-bond donors (Lipinski definition) is 6. The van der Waals surface area contributed by atoms with Gasteiger partial charge in [0.05, 0.1) is 38.6 Å². The van der Waals surface area contributed by atoms with Crippen LogP contribution in [0.2, 0.25) is 0 Å². The van der Waals surface area contributed by atoms with Gasteiger partial charge < -0.3 is 54.5 Å². The number of carbonyl (C=O) groups excluding carboxylic acids is 2. The van der Waals surface area contributed by atoms with Gasteiger partial charge >= 0.3 is 11.9 Å². The first-order chi connectivity index (χ1) is 21.4. The first-order valence-electron chi connectivity index (χ1n) is 15.9. The van der Waals surface area contributed by atoms with Gasteiger partial charge in [0.15, 0.2) is 11.5 Å². The highest BCUT2D eigenvalue weighted by Gasteiger charge is 2.33. The maximum Gasteiger partial charge on any atom is 0.373 e. The molecule has 2 unspecified atom stereocenters. The van der Waals surface area contributed by atoms with Crippen LogP contribution < -0.4 is 0 Å². The Morgan fingerprint density at radius 3 is 1.64 bits per heavy atom. The minimum Gasteiger partial charge on any atom is -0.502 e. The molecule has 2 atom stereocenters. The molecule has 0 bridgehead atoms. The molecule has 0 saturated heterocycles. The van der Waals surface area contributed by atoms with Crippen molar-refractivity contribution in [2.75, 3.05) is 72.4 Å². The number of allylic oxidation sites excluding steroid dienone is 2. The van der Waals surface area contributed by atoms with Crippen LogP contribution in [-0.2, 0) is 28.5 Å². The van der Waals surface area contributed by atoms with Gasteiger partial charge in [0.2, 0.25) is 5.91 Å². The number of nitrogens with zero attached hydrogens (tertiary/aromatic N) is 2. The molecule has 0 aliphatic heterocycles. The SMILES string of the molecule is CC=C(O)C(=O)OCCCN(CCC(O)(O)N(CCCOC(=O)C(O)=CC)CC(O)COCCCC)CC(O)COCCCC. The predicted molar refractivity (Wildman–Crippen MR) is 167 cm³/mol. The summed E-state index contributed by atoms with van der Waals surface area (Å²) >= 11 is 0. The second kappa shape index (κ2) is 25.8. The van der Waals surface area contributed by atoms with E-state index >= 15 is 0 Å². The second-order valence-electron chi connectivity index (χ2n) is 10.8. The van der Waals surface area contributed by atoms with Gasteiger partial charge in [0.25, 0.3) is 0 Å². The Morgan fingerprint density at radius 2 is 1.18 bits per heavy atom. The average Bonchev–Trinajstić information content (AvgIpc) is 3.02. The standard InChI is InChI=1S/C31H58N2O12/c1-5-9-17-42-23-25(34)21-32(14-11-19-44-29(38)27(36)7-3)16-13-31(40,41)33(22-26(35)24-43-18-10-6-2)15-12-20-45-30(39)28(37)8-4/h7-8,25-26,34-37,40-41H,5-6,9-24H2,1-4H3. The summed E-state index contributed by atoms with van der Waals surface area (Å²) < 4.78 is 21.0. The zero-order valence-electron chi connectivity index (χ0n) is 27.6. The number of carbonyl (C=O) groups is 2. The van der Waals surface area contributed by atoms with E-state index < -0.39 is 41.6 Å². The molecular weight excluding hydrogens is 592 g/mol. The topological polar surface area (TPSA) is 199 Å². The molecule has 0 aliphatic carbocycles. The van der Waals surface area contributed by atoms with Gasteiger partial charge in [-0.05, 0) is 51.7 Å². The summed E-state index contributed by atoms with van der Waals surface area (Å²) in [6.07, 6.45) is 4.42. The van der Waals surface area contributed by atoms with E-state index in [1.54, 1.807) is 4.90 Å². The third-order valence-electron chi connectivity index (χ3n) is 6.70. The van der Waals surface area contributed by atoms with Crippen LogP contribution in [-0.4, -0.2) is 143 Å². The lowest BCUT2D eigenvalue weighted by Gasteiger charge is -2.38. The smallest absolute Gasteiger partial charge is 0.373 e. The fraction of sp³-hybridized carbons (Fsp3) is 0.806. The first kappa shape index (κ1) is 42.7. The van der Waals surface area contributed by atoms with E-state index in [1.165, 1.54) is 30.9 Å². The van der Waals surface area contributed by atoms with Crippen molar-refractivity contribution in [2.45, 2.75) is 90.8 Å². The van der Waals surface area contributed by atoms with Gasteiger partial charge in [-0.3, -0.25) is 0 Å². The van der Waals surface area contributed by atoms with E-state index in [0.717, 1.165) is 25.7 Å². The van der Waals surface area contributed by atoms with E-state index in [9.17, 15) is 40.2 Å². The maximum atomic E-state index is 11.7. The first-order valence-corrected chi connectivity index (χ1v) is 15.9. The lowest BCUT2D eigenvalue weighted by atomic mass is 10.2. The van der Waals surface area contributed by atoms with Crippen LogP contribution in [0, 0.1) is 0 Å². The van der Waals surface area contributed by atoms with E-state index in [0.29, 0.717) is 26.2 Å². The molecule has 14 heteroatoms. The zero-order valence-corrected chi connectivity index (χ0v) is 27.6. The Hall–Kier alpha value is -2.30. The molecule has 0 aromatic rings. The van der Waals surface area contributed by atoms with E-state index in [-0.39, 0.29) is 65.4 Å². The van der Waals surface area contributed by atoms with Crippen molar-refractivity contribution in [3.63, 3.8) is 0 Å². The molecule has 14 nitrogen and oxygen atoms in total. The number of aliphatic hydroxyl groups is 6. The number of unbranched alkanes of at least 4 members (excludes halogenated alkanes) is 2. The monoisotopic (exact) mass is 650 g/mol. The summed E-state index contributed by atoms with van der Waals surface area (Å²) in [6.45, 7) is 8.45.